The molecule has 5 aliphatic rings. The largest absolute Gasteiger partial charge is 0.461 e. The molecule has 3 atom stereocenters. The number of aromatic amines is 1. The smallest absolute Gasteiger partial charge is 0.319 e. The zero-order valence-electron chi connectivity index (χ0n) is 25.0. The van der Waals surface area contributed by atoms with Crippen molar-refractivity contribution >= 4 is 27.6 Å². The topological polar surface area (TPSA) is 92.3 Å². The molecule has 9 rings (SSSR count). The summed E-state index contributed by atoms with van der Waals surface area (Å²) in [5, 5.41) is 8.76. The molecular weight excluding hydrogens is 564 g/mol. The molecule has 1 spiro atoms. The van der Waals surface area contributed by atoms with Crippen LogP contribution in [0.1, 0.15) is 68.4 Å². The van der Waals surface area contributed by atoms with Crippen molar-refractivity contribution in [3.63, 3.8) is 0 Å². The van der Waals surface area contributed by atoms with Crippen molar-refractivity contribution in [1.82, 2.24) is 30.0 Å². The standard InChI is InChI=1S/C33H37F2N7O2/c1-19-12-24-22(15-37-40-24)26(25(19)20-4-5-20)29-27(35)28-23(14-36-29)30(41-9-3-7-33(17-41)8-11-44-33)39-31(38-28)43-18-32-6-2-10-42(32)16-21(34)13-32/h12,14-15,20-21H,2-11,13,16-18H2,1H3,(H,37,40)/t21-,32+,33+/m1/s1. The summed E-state index contributed by atoms with van der Waals surface area (Å²) in [5.41, 5.74) is 3.82. The number of H-pyrrole nitrogens is 1. The van der Waals surface area contributed by atoms with Crippen LogP contribution in [0.5, 0.6) is 6.01 Å². The first-order valence-electron chi connectivity index (χ1n) is 16.2. The number of hydrogen-bond donors (Lipinski definition) is 1. The quantitative estimate of drug-likeness (QED) is 0.305. The Morgan fingerprint density at radius 3 is 2.80 bits per heavy atom. The maximum absolute atomic E-state index is 17.0. The van der Waals surface area contributed by atoms with Gasteiger partial charge in [0.15, 0.2) is 5.82 Å². The lowest BCUT2D eigenvalue weighted by atomic mass is 9.86. The second-order valence-corrected chi connectivity index (χ2v) is 13.8. The normalized spacial score (nSPS) is 28.7. The Hall–Kier alpha value is -3.44. The number of aryl methyl sites for hydroxylation is 1. The summed E-state index contributed by atoms with van der Waals surface area (Å²) >= 11 is 0. The summed E-state index contributed by atoms with van der Waals surface area (Å²) in [4.78, 5) is 18.8. The molecule has 1 N–H and O–H groups in total. The van der Waals surface area contributed by atoms with E-state index in [0.29, 0.717) is 36.6 Å². The van der Waals surface area contributed by atoms with Crippen molar-refractivity contribution in [2.75, 3.05) is 44.3 Å². The van der Waals surface area contributed by atoms with E-state index in [1.807, 2.05) is 0 Å². The maximum atomic E-state index is 17.0. The molecule has 0 unspecified atom stereocenters. The summed E-state index contributed by atoms with van der Waals surface area (Å²) in [6.45, 7) is 5.90. The minimum absolute atomic E-state index is 0.126. The third kappa shape index (κ3) is 4.14. The predicted octanol–water partition coefficient (Wildman–Crippen LogP) is 5.61. The summed E-state index contributed by atoms with van der Waals surface area (Å²) in [5.74, 6) is 0.517. The summed E-state index contributed by atoms with van der Waals surface area (Å²) < 4.78 is 43.9. The van der Waals surface area contributed by atoms with E-state index in [1.54, 1.807) is 12.4 Å². The van der Waals surface area contributed by atoms with Crippen LogP contribution in [0.25, 0.3) is 33.1 Å². The van der Waals surface area contributed by atoms with Gasteiger partial charge in [0, 0.05) is 49.6 Å². The van der Waals surface area contributed by atoms with Gasteiger partial charge in [0.25, 0.3) is 0 Å². The molecule has 5 fully saturated rings. The average Bonchev–Trinajstić information content (AvgIpc) is 3.47. The van der Waals surface area contributed by atoms with E-state index in [0.717, 1.165) is 92.2 Å². The molecule has 1 saturated carbocycles. The molecule has 9 nitrogen and oxygen atoms in total. The summed E-state index contributed by atoms with van der Waals surface area (Å²) in [6.07, 6.45) is 10.1. The Morgan fingerprint density at radius 1 is 1.11 bits per heavy atom. The number of aromatic nitrogens is 5. The van der Waals surface area contributed by atoms with E-state index in [2.05, 4.69) is 33.0 Å². The van der Waals surface area contributed by atoms with Crippen molar-refractivity contribution < 1.29 is 18.3 Å². The van der Waals surface area contributed by atoms with Gasteiger partial charge in [0.05, 0.1) is 34.8 Å². The lowest BCUT2D eigenvalue weighted by molar-refractivity contribution is -0.151. The molecule has 4 saturated heterocycles. The Kier molecular flexibility index (Phi) is 5.98. The van der Waals surface area contributed by atoms with Gasteiger partial charge < -0.3 is 14.4 Å². The maximum Gasteiger partial charge on any atom is 0.319 e. The highest BCUT2D eigenvalue weighted by molar-refractivity contribution is 5.99. The fourth-order valence-electron chi connectivity index (χ4n) is 8.54. The van der Waals surface area contributed by atoms with E-state index in [9.17, 15) is 4.39 Å². The first kappa shape index (κ1) is 26.9. The van der Waals surface area contributed by atoms with Gasteiger partial charge in [-0.15, -0.1) is 0 Å². The molecule has 7 heterocycles. The van der Waals surface area contributed by atoms with E-state index in [-0.39, 0.29) is 35.0 Å². The first-order valence-corrected chi connectivity index (χ1v) is 16.2. The molecule has 44 heavy (non-hydrogen) atoms. The van der Waals surface area contributed by atoms with Crippen molar-refractivity contribution in [3.8, 4) is 17.3 Å². The number of ether oxygens (including phenoxy) is 2. The highest BCUT2D eigenvalue weighted by Crippen LogP contribution is 2.49. The lowest BCUT2D eigenvalue weighted by Gasteiger charge is -2.48. The molecule has 4 aromatic rings. The van der Waals surface area contributed by atoms with Crippen LogP contribution in [0, 0.1) is 12.7 Å². The number of piperidine rings is 1. The third-order valence-corrected chi connectivity index (χ3v) is 10.9. The van der Waals surface area contributed by atoms with Crippen LogP contribution in [0.15, 0.2) is 18.5 Å². The van der Waals surface area contributed by atoms with Gasteiger partial charge in [-0.25, -0.2) is 8.78 Å². The number of alkyl halides is 1. The molecule has 0 amide bonds. The monoisotopic (exact) mass is 601 g/mol. The van der Waals surface area contributed by atoms with Crippen LogP contribution in [-0.4, -0.2) is 86.8 Å². The highest BCUT2D eigenvalue weighted by atomic mass is 19.1. The number of rotatable bonds is 6. The zero-order chi connectivity index (χ0) is 29.6. The molecule has 0 bridgehead atoms. The SMILES string of the molecule is Cc1cc2[nH]ncc2c(-c2ncc3c(N4CCC[C@]5(CCO5)C4)nc(OC[C@@]45CCCN4C[C@H](F)C5)nc3c2F)c1C1CC1. The van der Waals surface area contributed by atoms with Crippen LogP contribution >= 0.6 is 0 Å². The van der Waals surface area contributed by atoms with Gasteiger partial charge in [-0.05, 0) is 75.1 Å². The van der Waals surface area contributed by atoms with Gasteiger partial charge in [-0.1, -0.05) is 0 Å². The zero-order valence-corrected chi connectivity index (χ0v) is 25.0. The minimum atomic E-state index is -0.861. The number of fused-ring (bicyclic) bond motifs is 3. The molecule has 4 aliphatic heterocycles. The van der Waals surface area contributed by atoms with Gasteiger partial charge >= 0.3 is 6.01 Å². The fraction of sp³-hybridized carbons (Fsp3) is 0.576. The van der Waals surface area contributed by atoms with Crippen molar-refractivity contribution in [2.24, 2.45) is 0 Å². The van der Waals surface area contributed by atoms with E-state index < -0.39 is 12.0 Å². The third-order valence-electron chi connectivity index (χ3n) is 10.9. The molecule has 1 aliphatic carbocycles. The van der Waals surface area contributed by atoms with Gasteiger partial charge in [-0.3, -0.25) is 15.0 Å². The molecule has 11 heteroatoms. The van der Waals surface area contributed by atoms with Crippen molar-refractivity contribution in [3.05, 3.63) is 35.4 Å². The van der Waals surface area contributed by atoms with Crippen LogP contribution in [-0.2, 0) is 4.74 Å². The van der Waals surface area contributed by atoms with Gasteiger partial charge in [-0.2, -0.15) is 15.1 Å². The van der Waals surface area contributed by atoms with Crippen LogP contribution in [0.2, 0.25) is 0 Å². The van der Waals surface area contributed by atoms with Crippen molar-refractivity contribution in [1.29, 1.82) is 0 Å². The molecule has 230 valence electrons. The second kappa shape index (κ2) is 9.78. The lowest BCUT2D eigenvalue weighted by Crippen LogP contribution is -2.56. The predicted molar refractivity (Wildman–Crippen MR) is 162 cm³/mol. The minimum Gasteiger partial charge on any atom is -0.461 e. The van der Waals surface area contributed by atoms with E-state index >= 15 is 4.39 Å². The number of anilines is 1. The van der Waals surface area contributed by atoms with E-state index in [4.69, 9.17) is 24.4 Å². The number of benzene rings is 1. The number of nitrogens with one attached hydrogen (secondary N) is 1. The van der Waals surface area contributed by atoms with Crippen LogP contribution in [0.4, 0.5) is 14.6 Å². The Labute approximate surface area is 254 Å². The Morgan fingerprint density at radius 2 is 1.98 bits per heavy atom. The fourth-order valence-corrected chi connectivity index (χ4v) is 8.54. The first-order chi connectivity index (χ1) is 21.4. The average molecular weight is 602 g/mol. The molecule has 3 aromatic heterocycles. The molecular formula is C33H37F2N7O2. The Bertz CT molecular complexity index is 1790. The van der Waals surface area contributed by atoms with Crippen molar-refractivity contribution in [2.45, 2.75) is 81.5 Å². The van der Waals surface area contributed by atoms with Gasteiger partial charge in [0.1, 0.15) is 29.8 Å². The van der Waals surface area contributed by atoms with Gasteiger partial charge in [0.2, 0.25) is 0 Å². The number of hydrogen-bond acceptors (Lipinski definition) is 8. The van der Waals surface area contributed by atoms with Crippen LogP contribution in [0.3, 0.4) is 0 Å². The Balaban J connectivity index is 1.18. The van der Waals surface area contributed by atoms with E-state index in [1.165, 1.54) is 0 Å². The molecule has 1 aromatic carbocycles. The summed E-state index contributed by atoms with van der Waals surface area (Å²) in [6, 6.07) is 2.22. The number of halogens is 2. The summed E-state index contributed by atoms with van der Waals surface area (Å²) in [7, 11) is 0. The number of pyridine rings is 1. The second-order valence-electron chi connectivity index (χ2n) is 13.8. The van der Waals surface area contributed by atoms with Crippen LogP contribution < -0.4 is 9.64 Å². The molecule has 0 radical (unpaired) electrons. The number of nitrogens with zero attached hydrogens (tertiary/aromatic N) is 6. The highest BCUT2D eigenvalue weighted by Gasteiger charge is 2.49.